The van der Waals surface area contributed by atoms with Crippen molar-refractivity contribution in [3.05, 3.63) is 0 Å². The maximum atomic E-state index is 10.3. The second kappa shape index (κ2) is 2.80. The zero-order valence-corrected chi connectivity index (χ0v) is 6.61. The maximum Gasteiger partial charge on any atom is 0.306 e. The van der Waals surface area contributed by atoms with Crippen molar-refractivity contribution in [1.29, 1.82) is 0 Å². The molecule has 58 valence electrons. The fourth-order valence-electron chi connectivity index (χ4n) is 0.897. The molecule has 1 aliphatic heterocycles. The number of aliphatic carboxylic acids is 1. The summed E-state index contributed by atoms with van der Waals surface area (Å²) < 4.78 is 5.08. The fourth-order valence-corrected chi connectivity index (χ4v) is 2.00. The van der Waals surface area contributed by atoms with Crippen LogP contribution in [-0.2, 0) is 9.53 Å². The lowest BCUT2D eigenvalue weighted by atomic mass is 10.0. The minimum Gasteiger partial charge on any atom is -0.481 e. The van der Waals surface area contributed by atoms with Gasteiger partial charge in [-0.2, -0.15) is 11.8 Å². The Kier molecular flexibility index (Phi) is 2.21. The number of carbonyl (C=O) groups is 1. The highest BCUT2D eigenvalue weighted by atomic mass is 32.2. The minimum absolute atomic E-state index is 0.135. The zero-order chi connectivity index (χ0) is 7.61. The van der Waals surface area contributed by atoms with Crippen molar-refractivity contribution in [2.45, 2.75) is 12.0 Å². The van der Waals surface area contributed by atoms with Crippen LogP contribution in [0.1, 0.15) is 6.42 Å². The molecule has 0 radical (unpaired) electrons. The van der Waals surface area contributed by atoms with Crippen LogP contribution in [0.25, 0.3) is 0 Å². The van der Waals surface area contributed by atoms with Crippen molar-refractivity contribution in [2.24, 2.45) is 0 Å². The summed E-state index contributed by atoms with van der Waals surface area (Å²) in [7, 11) is 1.57. The van der Waals surface area contributed by atoms with Crippen LogP contribution in [0, 0.1) is 0 Å². The number of carboxylic acid groups (broad SMARTS) is 1. The van der Waals surface area contributed by atoms with Gasteiger partial charge in [-0.15, -0.1) is 0 Å². The molecule has 1 heterocycles. The van der Waals surface area contributed by atoms with E-state index < -0.39 is 5.97 Å². The predicted octanol–water partition coefficient (Wildman–Crippen LogP) is 0.593. The molecule has 0 bridgehead atoms. The van der Waals surface area contributed by atoms with Gasteiger partial charge in [0, 0.05) is 18.6 Å². The van der Waals surface area contributed by atoms with Crippen molar-refractivity contribution in [3.63, 3.8) is 0 Å². The fraction of sp³-hybridized carbons (Fsp3) is 0.833. The number of hydrogen-bond donors (Lipinski definition) is 1. The Bertz CT molecular complexity index is 136. The molecule has 1 N–H and O–H groups in total. The number of rotatable bonds is 3. The molecule has 0 unspecified atom stereocenters. The molecule has 0 saturated carbocycles. The Balaban J connectivity index is 2.40. The first-order valence-corrected chi connectivity index (χ1v) is 4.19. The Labute approximate surface area is 63.8 Å². The van der Waals surface area contributed by atoms with Crippen LogP contribution in [0.15, 0.2) is 0 Å². The molecule has 0 spiro atoms. The van der Waals surface area contributed by atoms with Crippen LogP contribution in [0.5, 0.6) is 0 Å². The summed E-state index contributed by atoms with van der Waals surface area (Å²) in [5.41, 5.74) is -0.351. The summed E-state index contributed by atoms with van der Waals surface area (Å²) in [6.45, 7) is 0. The highest BCUT2D eigenvalue weighted by Gasteiger charge is 2.39. The van der Waals surface area contributed by atoms with Gasteiger partial charge in [0.25, 0.3) is 0 Å². The SMILES string of the molecule is COC1(CC(=O)O)CSC1. The lowest BCUT2D eigenvalue weighted by Crippen LogP contribution is -2.46. The van der Waals surface area contributed by atoms with Crippen LogP contribution < -0.4 is 0 Å². The summed E-state index contributed by atoms with van der Waals surface area (Å²) >= 11 is 1.72. The quantitative estimate of drug-likeness (QED) is 0.660. The van der Waals surface area contributed by atoms with Gasteiger partial charge in [-0.05, 0) is 0 Å². The normalized spacial score (nSPS) is 21.7. The third-order valence-corrected chi connectivity index (χ3v) is 3.10. The average Bonchev–Trinajstić information content (AvgIpc) is 1.78. The van der Waals surface area contributed by atoms with E-state index in [4.69, 9.17) is 9.84 Å². The summed E-state index contributed by atoms with van der Waals surface area (Å²) in [6, 6.07) is 0. The first kappa shape index (κ1) is 7.88. The highest BCUT2D eigenvalue weighted by Crippen LogP contribution is 2.35. The molecule has 1 aliphatic rings. The van der Waals surface area contributed by atoms with Gasteiger partial charge in [0.15, 0.2) is 0 Å². The van der Waals surface area contributed by atoms with Gasteiger partial charge in [0.1, 0.15) is 0 Å². The number of methoxy groups -OCH3 is 1. The molecule has 0 aromatic heterocycles. The van der Waals surface area contributed by atoms with E-state index in [1.807, 2.05) is 0 Å². The first-order valence-electron chi connectivity index (χ1n) is 3.03. The van der Waals surface area contributed by atoms with Crippen LogP contribution in [0.3, 0.4) is 0 Å². The molecule has 1 saturated heterocycles. The predicted molar refractivity (Wildman–Crippen MR) is 39.3 cm³/mol. The third kappa shape index (κ3) is 1.44. The minimum atomic E-state index is -0.776. The standard InChI is InChI=1S/C6H10O3S/c1-9-6(2-5(7)8)3-10-4-6/h2-4H2,1H3,(H,7,8). The van der Waals surface area contributed by atoms with Crippen LogP contribution in [0.4, 0.5) is 0 Å². The summed E-state index contributed by atoms with van der Waals surface area (Å²) in [4.78, 5) is 10.3. The Morgan fingerprint density at radius 3 is 2.50 bits per heavy atom. The van der Waals surface area contributed by atoms with Crippen LogP contribution >= 0.6 is 11.8 Å². The van der Waals surface area contributed by atoms with E-state index >= 15 is 0 Å². The first-order chi connectivity index (χ1) is 4.68. The number of carboxylic acids is 1. The van der Waals surface area contributed by atoms with E-state index in [0.29, 0.717) is 0 Å². The van der Waals surface area contributed by atoms with Gasteiger partial charge in [-0.3, -0.25) is 4.79 Å². The zero-order valence-electron chi connectivity index (χ0n) is 5.79. The van der Waals surface area contributed by atoms with Crippen LogP contribution in [-0.4, -0.2) is 35.3 Å². The molecule has 3 nitrogen and oxygen atoms in total. The van der Waals surface area contributed by atoms with E-state index in [1.165, 1.54) is 0 Å². The maximum absolute atomic E-state index is 10.3. The lowest BCUT2D eigenvalue weighted by molar-refractivity contribution is -0.142. The molecule has 0 aromatic rings. The Hall–Kier alpha value is -0.220. The Morgan fingerprint density at radius 2 is 2.40 bits per heavy atom. The van der Waals surface area contributed by atoms with Crippen molar-refractivity contribution in [1.82, 2.24) is 0 Å². The summed E-state index contributed by atoms with van der Waals surface area (Å²) in [5, 5.41) is 8.46. The summed E-state index contributed by atoms with van der Waals surface area (Å²) in [5.74, 6) is 0.855. The number of ether oxygens (including phenoxy) is 1. The molecule has 0 aromatic carbocycles. The summed E-state index contributed by atoms with van der Waals surface area (Å²) in [6.07, 6.45) is 0.135. The molecule has 0 amide bonds. The van der Waals surface area contributed by atoms with Gasteiger partial charge in [0.05, 0.1) is 12.0 Å². The van der Waals surface area contributed by atoms with Gasteiger partial charge >= 0.3 is 5.97 Å². The molecule has 4 heteroatoms. The largest absolute Gasteiger partial charge is 0.481 e. The second-order valence-corrected chi connectivity index (χ2v) is 3.44. The second-order valence-electron chi connectivity index (χ2n) is 2.45. The number of hydrogen-bond acceptors (Lipinski definition) is 3. The molecular weight excluding hydrogens is 152 g/mol. The Morgan fingerprint density at radius 1 is 1.80 bits per heavy atom. The van der Waals surface area contributed by atoms with E-state index in [1.54, 1.807) is 18.9 Å². The smallest absolute Gasteiger partial charge is 0.306 e. The van der Waals surface area contributed by atoms with Crippen molar-refractivity contribution in [2.75, 3.05) is 18.6 Å². The van der Waals surface area contributed by atoms with E-state index in [2.05, 4.69) is 0 Å². The molecule has 1 rings (SSSR count). The van der Waals surface area contributed by atoms with Crippen LogP contribution in [0.2, 0.25) is 0 Å². The molecule has 0 aliphatic carbocycles. The van der Waals surface area contributed by atoms with E-state index in [9.17, 15) is 4.79 Å². The van der Waals surface area contributed by atoms with E-state index in [-0.39, 0.29) is 12.0 Å². The number of thioether (sulfide) groups is 1. The van der Waals surface area contributed by atoms with Crippen molar-refractivity contribution in [3.8, 4) is 0 Å². The van der Waals surface area contributed by atoms with Gasteiger partial charge < -0.3 is 9.84 Å². The lowest BCUT2D eigenvalue weighted by Gasteiger charge is -2.38. The van der Waals surface area contributed by atoms with Gasteiger partial charge in [0.2, 0.25) is 0 Å². The van der Waals surface area contributed by atoms with Gasteiger partial charge in [-0.25, -0.2) is 0 Å². The van der Waals surface area contributed by atoms with Crippen molar-refractivity contribution < 1.29 is 14.6 Å². The molecular formula is C6H10O3S. The van der Waals surface area contributed by atoms with E-state index in [0.717, 1.165) is 11.5 Å². The molecule has 0 atom stereocenters. The third-order valence-electron chi connectivity index (χ3n) is 1.64. The van der Waals surface area contributed by atoms with Crippen molar-refractivity contribution >= 4 is 17.7 Å². The topological polar surface area (TPSA) is 46.5 Å². The highest BCUT2D eigenvalue weighted by molar-refractivity contribution is 8.00. The average molecular weight is 162 g/mol. The molecule has 10 heavy (non-hydrogen) atoms. The molecule has 1 fully saturated rings. The van der Waals surface area contributed by atoms with Gasteiger partial charge in [-0.1, -0.05) is 0 Å². The monoisotopic (exact) mass is 162 g/mol.